The van der Waals surface area contributed by atoms with E-state index in [-0.39, 0.29) is 16.7 Å². The minimum Gasteiger partial charge on any atom is -0.399 e. The van der Waals surface area contributed by atoms with Crippen molar-refractivity contribution in [2.24, 2.45) is 0 Å². The first-order valence-electron chi connectivity index (χ1n) is 5.76. The molecular weight excluding hydrogens is 248 g/mol. The molecule has 0 unspecified atom stereocenters. The second-order valence-electron chi connectivity index (χ2n) is 4.48. The molecule has 0 heterocycles. The lowest BCUT2D eigenvalue weighted by Gasteiger charge is -2.08. The van der Waals surface area contributed by atoms with E-state index in [1.165, 1.54) is 13.0 Å². The lowest BCUT2D eigenvalue weighted by molar-refractivity contribution is 0.103. The molecule has 0 radical (unpaired) electrons. The molecule has 2 aromatic rings. The van der Waals surface area contributed by atoms with E-state index in [0.29, 0.717) is 11.3 Å². The third-order valence-corrected chi connectivity index (χ3v) is 3.00. The van der Waals surface area contributed by atoms with Crippen LogP contribution in [0.4, 0.5) is 14.5 Å². The molecule has 0 fully saturated rings. The standard InChI is InChI=1S/C15H13F2NO/c1-8-3-4-10(18)6-11(8)15(19)12-7-13(16)9(2)5-14(12)17/h3-7H,18H2,1-2H3. The van der Waals surface area contributed by atoms with Gasteiger partial charge >= 0.3 is 0 Å². The quantitative estimate of drug-likeness (QED) is 0.665. The summed E-state index contributed by atoms with van der Waals surface area (Å²) < 4.78 is 27.3. The topological polar surface area (TPSA) is 43.1 Å². The van der Waals surface area contributed by atoms with Crippen LogP contribution in [0.25, 0.3) is 0 Å². The Balaban J connectivity index is 2.56. The summed E-state index contributed by atoms with van der Waals surface area (Å²) in [5.74, 6) is -1.90. The number of nitrogens with two attached hydrogens (primary N) is 1. The summed E-state index contributed by atoms with van der Waals surface area (Å²) in [4.78, 5) is 12.2. The van der Waals surface area contributed by atoms with Gasteiger partial charge in [0.2, 0.25) is 0 Å². The first-order valence-corrected chi connectivity index (χ1v) is 5.76. The van der Waals surface area contributed by atoms with Crippen LogP contribution >= 0.6 is 0 Å². The Kier molecular flexibility index (Phi) is 3.34. The third-order valence-electron chi connectivity index (χ3n) is 3.00. The summed E-state index contributed by atoms with van der Waals surface area (Å²) in [5, 5.41) is 0. The molecule has 0 atom stereocenters. The Morgan fingerprint density at radius 3 is 2.32 bits per heavy atom. The second-order valence-corrected chi connectivity index (χ2v) is 4.48. The van der Waals surface area contributed by atoms with Crippen LogP contribution in [0.2, 0.25) is 0 Å². The van der Waals surface area contributed by atoms with Gasteiger partial charge in [-0.3, -0.25) is 4.79 Å². The highest BCUT2D eigenvalue weighted by Gasteiger charge is 2.18. The predicted octanol–water partition coefficient (Wildman–Crippen LogP) is 3.39. The molecule has 0 spiro atoms. The number of anilines is 1. The lowest BCUT2D eigenvalue weighted by atomic mass is 9.97. The zero-order chi connectivity index (χ0) is 14.2. The van der Waals surface area contributed by atoms with E-state index in [4.69, 9.17) is 5.73 Å². The van der Waals surface area contributed by atoms with E-state index < -0.39 is 17.4 Å². The SMILES string of the molecule is Cc1cc(F)c(C(=O)c2cc(N)ccc2C)cc1F. The van der Waals surface area contributed by atoms with E-state index in [9.17, 15) is 13.6 Å². The summed E-state index contributed by atoms with van der Waals surface area (Å²) in [6.45, 7) is 3.16. The molecule has 0 aliphatic heterocycles. The summed E-state index contributed by atoms with van der Waals surface area (Å²) in [5.41, 5.74) is 6.85. The van der Waals surface area contributed by atoms with Crippen LogP contribution in [-0.2, 0) is 0 Å². The van der Waals surface area contributed by atoms with E-state index >= 15 is 0 Å². The fourth-order valence-corrected chi connectivity index (χ4v) is 1.85. The van der Waals surface area contributed by atoms with Crippen LogP contribution in [0.3, 0.4) is 0 Å². The minimum atomic E-state index is -0.731. The number of aryl methyl sites for hydroxylation is 2. The van der Waals surface area contributed by atoms with Crippen molar-refractivity contribution in [3.05, 3.63) is 64.2 Å². The van der Waals surface area contributed by atoms with Crippen molar-refractivity contribution in [1.82, 2.24) is 0 Å². The maximum Gasteiger partial charge on any atom is 0.196 e. The summed E-state index contributed by atoms with van der Waals surface area (Å²) >= 11 is 0. The maximum absolute atomic E-state index is 13.8. The first kappa shape index (κ1) is 13.2. The number of carbonyl (C=O) groups excluding carboxylic acids is 1. The summed E-state index contributed by atoms with van der Waals surface area (Å²) in [7, 11) is 0. The van der Waals surface area contributed by atoms with Crippen LogP contribution in [0.1, 0.15) is 27.0 Å². The van der Waals surface area contributed by atoms with Gasteiger partial charge in [0.15, 0.2) is 5.78 Å². The van der Waals surface area contributed by atoms with Crippen LogP contribution in [0, 0.1) is 25.5 Å². The van der Waals surface area contributed by atoms with Gasteiger partial charge in [-0.25, -0.2) is 8.78 Å². The molecule has 2 N–H and O–H groups in total. The van der Waals surface area contributed by atoms with Crippen LogP contribution in [0.5, 0.6) is 0 Å². The van der Waals surface area contributed by atoms with Gasteiger partial charge in [0.25, 0.3) is 0 Å². The van der Waals surface area contributed by atoms with Gasteiger partial charge in [0, 0.05) is 11.3 Å². The van der Waals surface area contributed by atoms with Gasteiger partial charge in [0.05, 0.1) is 5.56 Å². The van der Waals surface area contributed by atoms with E-state index in [1.54, 1.807) is 19.1 Å². The lowest BCUT2D eigenvalue weighted by Crippen LogP contribution is -2.08. The average molecular weight is 261 g/mol. The van der Waals surface area contributed by atoms with Crippen molar-refractivity contribution in [3.63, 3.8) is 0 Å². The number of hydrogen-bond acceptors (Lipinski definition) is 2. The highest BCUT2D eigenvalue weighted by atomic mass is 19.1. The van der Waals surface area contributed by atoms with Gasteiger partial charge in [-0.05, 0) is 49.2 Å². The van der Waals surface area contributed by atoms with Gasteiger partial charge in [-0.15, -0.1) is 0 Å². The van der Waals surface area contributed by atoms with E-state index in [1.807, 2.05) is 0 Å². The van der Waals surface area contributed by atoms with Crippen molar-refractivity contribution in [1.29, 1.82) is 0 Å². The van der Waals surface area contributed by atoms with Gasteiger partial charge < -0.3 is 5.73 Å². The van der Waals surface area contributed by atoms with Gasteiger partial charge in [0.1, 0.15) is 11.6 Å². The number of nitrogen functional groups attached to an aromatic ring is 1. The zero-order valence-electron chi connectivity index (χ0n) is 10.6. The maximum atomic E-state index is 13.8. The molecule has 0 aromatic heterocycles. The van der Waals surface area contributed by atoms with Gasteiger partial charge in [-0.2, -0.15) is 0 Å². The molecule has 2 aromatic carbocycles. The largest absolute Gasteiger partial charge is 0.399 e. The molecular formula is C15H13F2NO. The highest BCUT2D eigenvalue weighted by molar-refractivity contribution is 6.10. The van der Waals surface area contributed by atoms with E-state index in [2.05, 4.69) is 0 Å². The molecule has 0 aliphatic rings. The number of benzene rings is 2. The predicted molar refractivity (Wildman–Crippen MR) is 70.1 cm³/mol. The summed E-state index contributed by atoms with van der Waals surface area (Å²) in [6.07, 6.45) is 0. The number of halogens is 2. The molecule has 98 valence electrons. The number of hydrogen-bond donors (Lipinski definition) is 1. The summed E-state index contributed by atoms with van der Waals surface area (Å²) in [6, 6.07) is 6.73. The van der Waals surface area contributed by atoms with Crippen molar-refractivity contribution in [2.45, 2.75) is 13.8 Å². The average Bonchev–Trinajstić information content (AvgIpc) is 2.36. The minimum absolute atomic E-state index is 0.165. The number of ketones is 1. The highest BCUT2D eigenvalue weighted by Crippen LogP contribution is 2.21. The molecule has 2 nitrogen and oxygen atoms in total. The monoisotopic (exact) mass is 261 g/mol. The fourth-order valence-electron chi connectivity index (χ4n) is 1.85. The van der Waals surface area contributed by atoms with Gasteiger partial charge in [-0.1, -0.05) is 6.07 Å². The Morgan fingerprint density at radius 1 is 0.947 bits per heavy atom. The third kappa shape index (κ3) is 2.47. The molecule has 0 saturated carbocycles. The van der Waals surface area contributed by atoms with E-state index in [0.717, 1.165) is 12.1 Å². The molecule has 0 saturated heterocycles. The Bertz CT molecular complexity index is 665. The Morgan fingerprint density at radius 2 is 1.63 bits per heavy atom. The van der Waals surface area contributed by atoms with Crippen molar-refractivity contribution in [2.75, 3.05) is 5.73 Å². The molecule has 0 aliphatic carbocycles. The van der Waals surface area contributed by atoms with Crippen LogP contribution in [-0.4, -0.2) is 5.78 Å². The number of carbonyl (C=O) groups is 1. The molecule has 0 amide bonds. The van der Waals surface area contributed by atoms with Crippen LogP contribution in [0.15, 0.2) is 30.3 Å². The fraction of sp³-hybridized carbons (Fsp3) is 0.133. The zero-order valence-corrected chi connectivity index (χ0v) is 10.6. The van der Waals surface area contributed by atoms with Crippen molar-refractivity contribution in [3.8, 4) is 0 Å². The molecule has 19 heavy (non-hydrogen) atoms. The van der Waals surface area contributed by atoms with Crippen molar-refractivity contribution < 1.29 is 13.6 Å². The second kappa shape index (κ2) is 4.80. The number of rotatable bonds is 2. The normalized spacial score (nSPS) is 10.5. The molecule has 0 bridgehead atoms. The Labute approximate surface area is 109 Å². The molecule has 2 rings (SSSR count). The van der Waals surface area contributed by atoms with Crippen LogP contribution < -0.4 is 5.73 Å². The first-order chi connectivity index (χ1) is 8.90. The van der Waals surface area contributed by atoms with Crippen molar-refractivity contribution >= 4 is 11.5 Å². The molecule has 4 heteroatoms. The smallest absolute Gasteiger partial charge is 0.196 e. The Hall–Kier alpha value is -2.23.